The van der Waals surface area contributed by atoms with Gasteiger partial charge in [-0.15, -0.1) is 0 Å². The van der Waals surface area contributed by atoms with E-state index >= 15 is 0 Å². The third-order valence-electron chi connectivity index (χ3n) is 6.13. The predicted molar refractivity (Wildman–Crippen MR) is 91.5 cm³/mol. The van der Waals surface area contributed by atoms with Crippen LogP contribution in [0.4, 0.5) is 0 Å². The lowest BCUT2D eigenvalue weighted by atomic mass is 9.71. The third-order valence-corrected chi connectivity index (χ3v) is 6.13. The van der Waals surface area contributed by atoms with Crippen molar-refractivity contribution in [2.45, 2.75) is 105 Å². The molecule has 2 unspecified atom stereocenters. The van der Waals surface area contributed by atoms with Gasteiger partial charge in [0.2, 0.25) is 0 Å². The quantitative estimate of drug-likeness (QED) is 0.588. The van der Waals surface area contributed by atoms with Crippen LogP contribution in [0.5, 0.6) is 0 Å². The van der Waals surface area contributed by atoms with Gasteiger partial charge in [0.15, 0.2) is 0 Å². The van der Waals surface area contributed by atoms with E-state index in [4.69, 9.17) is 4.74 Å². The molecule has 1 nitrogen and oxygen atoms in total. The minimum atomic E-state index is 0.450. The molecule has 0 aliphatic heterocycles. The van der Waals surface area contributed by atoms with Crippen LogP contribution in [0.15, 0.2) is 0 Å². The average Bonchev–Trinajstić information content (AvgIpc) is 2.37. The highest BCUT2D eigenvalue weighted by Gasteiger charge is 2.34. The molecular weight excluding hydrogens is 256 g/mol. The Balaban J connectivity index is 1.78. The van der Waals surface area contributed by atoms with Gasteiger partial charge in [-0.25, -0.2) is 0 Å². The molecule has 2 rings (SSSR count). The molecule has 0 aromatic heterocycles. The molecule has 1 heteroatoms. The first-order valence-corrected chi connectivity index (χ1v) is 9.31. The minimum Gasteiger partial charge on any atom is -0.375 e. The van der Waals surface area contributed by atoms with Crippen LogP contribution in [-0.4, -0.2) is 12.2 Å². The van der Waals surface area contributed by atoms with Gasteiger partial charge in [-0.1, -0.05) is 48.0 Å². The Kier molecular flexibility index (Phi) is 5.45. The predicted octanol–water partition coefficient (Wildman–Crippen LogP) is 6.21. The van der Waals surface area contributed by atoms with Crippen LogP contribution < -0.4 is 0 Å². The molecule has 124 valence electrons. The summed E-state index contributed by atoms with van der Waals surface area (Å²) in [5, 5.41) is 0. The summed E-state index contributed by atoms with van der Waals surface area (Å²) in [4.78, 5) is 0. The SMILES string of the molecule is CC(C)(C)C1CCC(OC2CCCC(C(C)(C)C)C2)CC1. The summed E-state index contributed by atoms with van der Waals surface area (Å²) < 4.78 is 6.52. The fourth-order valence-electron chi connectivity index (χ4n) is 4.39. The highest BCUT2D eigenvalue weighted by molar-refractivity contribution is 4.84. The second-order valence-corrected chi connectivity index (χ2v) is 9.83. The molecule has 2 aliphatic rings. The number of hydrogen-bond donors (Lipinski definition) is 0. The van der Waals surface area contributed by atoms with Crippen molar-refractivity contribution in [3.05, 3.63) is 0 Å². The van der Waals surface area contributed by atoms with Crippen molar-refractivity contribution >= 4 is 0 Å². The fraction of sp³-hybridized carbons (Fsp3) is 1.00. The highest BCUT2D eigenvalue weighted by atomic mass is 16.5. The third kappa shape index (κ3) is 4.98. The van der Waals surface area contributed by atoms with Crippen molar-refractivity contribution < 1.29 is 4.74 Å². The van der Waals surface area contributed by atoms with Gasteiger partial charge in [0, 0.05) is 0 Å². The molecule has 21 heavy (non-hydrogen) atoms. The molecule has 0 bridgehead atoms. The van der Waals surface area contributed by atoms with Crippen LogP contribution in [0.2, 0.25) is 0 Å². The summed E-state index contributed by atoms with van der Waals surface area (Å²) in [5.74, 6) is 1.74. The average molecular weight is 295 g/mol. The molecule has 0 aromatic carbocycles. The number of rotatable bonds is 2. The Hall–Kier alpha value is -0.0400. The first-order valence-electron chi connectivity index (χ1n) is 9.31. The molecular formula is C20H38O. The lowest BCUT2D eigenvalue weighted by Crippen LogP contribution is -2.35. The van der Waals surface area contributed by atoms with Crippen LogP contribution in [0.25, 0.3) is 0 Å². The highest BCUT2D eigenvalue weighted by Crippen LogP contribution is 2.42. The normalized spacial score (nSPS) is 35.7. The Bertz CT molecular complexity index is 312. The number of ether oxygens (including phenoxy) is 1. The lowest BCUT2D eigenvalue weighted by molar-refractivity contribution is -0.0741. The van der Waals surface area contributed by atoms with E-state index in [1.165, 1.54) is 51.4 Å². The van der Waals surface area contributed by atoms with Gasteiger partial charge >= 0.3 is 0 Å². The zero-order valence-electron chi connectivity index (χ0n) is 15.4. The molecule has 0 aromatic rings. The summed E-state index contributed by atoms with van der Waals surface area (Å²) in [7, 11) is 0. The maximum absolute atomic E-state index is 6.52. The van der Waals surface area contributed by atoms with Gasteiger partial charge in [-0.2, -0.15) is 0 Å². The summed E-state index contributed by atoms with van der Waals surface area (Å²) in [6, 6.07) is 0. The van der Waals surface area contributed by atoms with Gasteiger partial charge in [-0.3, -0.25) is 0 Å². The van der Waals surface area contributed by atoms with E-state index in [0.29, 0.717) is 23.0 Å². The molecule has 2 aliphatic carbocycles. The zero-order chi connectivity index (χ0) is 15.7. The Morgan fingerprint density at radius 1 is 0.619 bits per heavy atom. The topological polar surface area (TPSA) is 9.23 Å². The molecule has 0 saturated heterocycles. The molecule has 0 heterocycles. The molecule has 0 N–H and O–H groups in total. The van der Waals surface area contributed by atoms with Crippen molar-refractivity contribution in [1.82, 2.24) is 0 Å². The van der Waals surface area contributed by atoms with Gasteiger partial charge in [-0.05, 0) is 67.6 Å². The Morgan fingerprint density at radius 3 is 1.71 bits per heavy atom. The van der Waals surface area contributed by atoms with Crippen molar-refractivity contribution in [3.8, 4) is 0 Å². The van der Waals surface area contributed by atoms with E-state index in [1.807, 2.05) is 0 Å². The van der Waals surface area contributed by atoms with Gasteiger partial charge in [0.05, 0.1) is 12.2 Å². The Labute approximate surface area is 133 Å². The zero-order valence-corrected chi connectivity index (χ0v) is 15.4. The smallest absolute Gasteiger partial charge is 0.0581 e. The maximum Gasteiger partial charge on any atom is 0.0581 e. The van der Waals surface area contributed by atoms with Gasteiger partial charge < -0.3 is 4.74 Å². The minimum absolute atomic E-state index is 0.450. The molecule has 2 saturated carbocycles. The van der Waals surface area contributed by atoms with E-state index in [0.717, 1.165) is 11.8 Å². The second kappa shape index (κ2) is 6.60. The fourth-order valence-corrected chi connectivity index (χ4v) is 4.39. The summed E-state index contributed by atoms with van der Waals surface area (Å²) in [5.41, 5.74) is 0.930. The largest absolute Gasteiger partial charge is 0.375 e. The number of hydrogen-bond acceptors (Lipinski definition) is 1. The van der Waals surface area contributed by atoms with Crippen LogP contribution in [-0.2, 0) is 4.74 Å². The van der Waals surface area contributed by atoms with Gasteiger partial charge in [0.1, 0.15) is 0 Å². The van der Waals surface area contributed by atoms with E-state index < -0.39 is 0 Å². The molecule has 0 radical (unpaired) electrons. The molecule has 2 atom stereocenters. The monoisotopic (exact) mass is 294 g/mol. The van der Waals surface area contributed by atoms with Crippen LogP contribution in [0, 0.1) is 22.7 Å². The maximum atomic E-state index is 6.52. The van der Waals surface area contributed by atoms with Crippen molar-refractivity contribution in [1.29, 1.82) is 0 Å². The van der Waals surface area contributed by atoms with Crippen molar-refractivity contribution in [3.63, 3.8) is 0 Å². The summed E-state index contributed by atoms with van der Waals surface area (Å²) in [6.07, 6.45) is 11.8. The summed E-state index contributed by atoms with van der Waals surface area (Å²) in [6.45, 7) is 14.4. The van der Waals surface area contributed by atoms with E-state index in [9.17, 15) is 0 Å². The first kappa shape index (κ1) is 17.3. The van der Waals surface area contributed by atoms with Gasteiger partial charge in [0.25, 0.3) is 0 Å². The van der Waals surface area contributed by atoms with Crippen LogP contribution in [0.1, 0.15) is 92.9 Å². The molecule has 0 amide bonds. The van der Waals surface area contributed by atoms with Crippen LogP contribution in [0.3, 0.4) is 0 Å². The summed E-state index contributed by atoms with van der Waals surface area (Å²) >= 11 is 0. The molecule has 2 fully saturated rings. The first-order chi connectivity index (χ1) is 9.66. The van der Waals surface area contributed by atoms with E-state index in [2.05, 4.69) is 41.5 Å². The Morgan fingerprint density at radius 2 is 1.19 bits per heavy atom. The molecule has 0 spiro atoms. The van der Waals surface area contributed by atoms with E-state index in [-0.39, 0.29) is 0 Å². The second-order valence-electron chi connectivity index (χ2n) is 9.83. The lowest BCUT2D eigenvalue weighted by Gasteiger charge is -2.41. The standard InChI is InChI=1S/C20H38O/c1-19(2,3)15-10-12-17(13-11-15)21-18-9-7-8-16(14-18)20(4,5)6/h15-18H,7-14H2,1-6H3. The van der Waals surface area contributed by atoms with Crippen molar-refractivity contribution in [2.75, 3.05) is 0 Å². The van der Waals surface area contributed by atoms with Crippen LogP contribution >= 0.6 is 0 Å². The van der Waals surface area contributed by atoms with E-state index in [1.54, 1.807) is 0 Å². The van der Waals surface area contributed by atoms with Crippen molar-refractivity contribution in [2.24, 2.45) is 22.7 Å².